The number of aliphatic hydroxyl groups is 1. The second-order valence-corrected chi connectivity index (χ2v) is 16.4. The first kappa shape index (κ1) is 39.5. The lowest BCUT2D eigenvalue weighted by Crippen LogP contribution is -2.47. The Kier molecular flexibility index (Phi) is 13.5. The topological polar surface area (TPSA) is 117 Å². The van der Waals surface area contributed by atoms with Gasteiger partial charge in [0.1, 0.15) is 6.04 Å². The highest BCUT2D eigenvalue weighted by Gasteiger charge is 2.40. The summed E-state index contributed by atoms with van der Waals surface area (Å²) in [6.45, 7) is 9.87. The summed E-state index contributed by atoms with van der Waals surface area (Å²) in [5, 5.41) is 12.6. The Labute approximate surface area is 320 Å². The number of rotatable bonds is 16. The predicted octanol–water partition coefficient (Wildman–Crippen LogP) is 6.92. The van der Waals surface area contributed by atoms with Crippen molar-refractivity contribution in [2.45, 2.75) is 94.6 Å². The number of nitrogens with one attached hydrogen (secondary N) is 2. The number of hydrogen-bond acceptors (Lipinski definition) is 7. The second-order valence-electron chi connectivity index (χ2n) is 14.6. The van der Waals surface area contributed by atoms with Crippen molar-refractivity contribution in [1.82, 2.24) is 14.9 Å². The number of nitrogens with zero attached hydrogens (tertiary/aromatic N) is 1. The molecule has 5 unspecified atom stereocenters. The first-order valence-corrected chi connectivity index (χ1v) is 20.5. The maximum Gasteiger partial charge on any atom is 0.241 e. The normalized spacial score (nSPS) is 21.2. The van der Waals surface area contributed by atoms with E-state index in [1.165, 1.54) is 25.7 Å². The van der Waals surface area contributed by atoms with E-state index in [1.54, 1.807) is 24.3 Å². The number of hydrogen-bond donors (Lipinski definition) is 3. The van der Waals surface area contributed by atoms with E-state index in [1.807, 2.05) is 91.9 Å². The minimum absolute atomic E-state index is 0.0167. The number of ether oxygens (including phenoxy) is 2. The number of carbonyl (C=O) groups excluding carboxylic acids is 1. The van der Waals surface area contributed by atoms with E-state index in [0.717, 1.165) is 46.5 Å². The summed E-state index contributed by atoms with van der Waals surface area (Å²) in [6.07, 6.45) is 6.10. The number of aryl methyl sites for hydroxylation is 1. The van der Waals surface area contributed by atoms with E-state index >= 15 is 0 Å². The van der Waals surface area contributed by atoms with Crippen molar-refractivity contribution in [3.63, 3.8) is 0 Å². The van der Waals surface area contributed by atoms with E-state index in [0.29, 0.717) is 6.04 Å². The SMILES string of the molecule is C=CCN(CC1OC(c2ccc(CNC(=O)C(Cc3ccccc3)NS(=O)(=O)c3ccc(C)cc3)cc2)OC(c2ccc(CO)cc2)C1C)C1CCCC1. The summed E-state index contributed by atoms with van der Waals surface area (Å²) in [6, 6.07) is 31.2. The average Bonchev–Trinajstić information content (AvgIpc) is 3.73. The van der Waals surface area contributed by atoms with Gasteiger partial charge in [-0.05, 0) is 60.6 Å². The Morgan fingerprint density at radius 3 is 2.19 bits per heavy atom. The average molecular weight is 752 g/mol. The zero-order chi connectivity index (χ0) is 38.1. The van der Waals surface area contributed by atoms with Crippen LogP contribution in [0.5, 0.6) is 0 Å². The molecule has 9 nitrogen and oxygen atoms in total. The molecule has 54 heavy (non-hydrogen) atoms. The molecule has 0 radical (unpaired) electrons. The Balaban J connectivity index is 1.16. The maximum absolute atomic E-state index is 13.6. The molecule has 0 aromatic heterocycles. The number of carbonyl (C=O) groups is 1. The van der Waals surface area contributed by atoms with Gasteiger partial charge in [-0.15, -0.1) is 6.58 Å². The van der Waals surface area contributed by atoms with Crippen LogP contribution in [0.3, 0.4) is 0 Å². The maximum atomic E-state index is 13.6. The molecule has 1 aliphatic heterocycles. The van der Waals surface area contributed by atoms with E-state index in [2.05, 4.69) is 28.4 Å². The van der Waals surface area contributed by atoms with Gasteiger partial charge in [-0.1, -0.05) is 122 Å². The van der Waals surface area contributed by atoms with Crippen LogP contribution in [0.2, 0.25) is 0 Å². The first-order chi connectivity index (χ1) is 26.1. The molecule has 4 aromatic carbocycles. The molecule has 1 saturated carbocycles. The molecule has 1 heterocycles. The monoisotopic (exact) mass is 751 g/mol. The van der Waals surface area contributed by atoms with Crippen LogP contribution in [0.4, 0.5) is 0 Å². The Morgan fingerprint density at radius 1 is 0.889 bits per heavy atom. The third-order valence-electron chi connectivity index (χ3n) is 10.7. The van der Waals surface area contributed by atoms with Gasteiger partial charge in [0.15, 0.2) is 6.29 Å². The number of amides is 1. The number of aliphatic hydroxyl groups excluding tert-OH is 1. The Bertz CT molecular complexity index is 1910. The molecule has 0 bridgehead atoms. The van der Waals surface area contributed by atoms with Crippen LogP contribution in [-0.2, 0) is 43.9 Å². The molecular weight excluding hydrogens is 699 g/mol. The smallest absolute Gasteiger partial charge is 0.241 e. The molecule has 3 N–H and O–H groups in total. The first-order valence-electron chi connectivity index (χ1n) is 19.0. The molecule has 4 aromatic rings. The van der Waals surface area contributed by atoms with Crippen LogP contribution in [-0.4, -0.2) is 55.6 Å². The molecule has 2 aliphatic rings. The van der Waals surface area contributed by atoms with Crippen molar-refractivity contribution in [3.05, 3.63) is 149 Å². The Hall–Kier alpha value is -4.16. The van der Waals surface area contributed by atoms with Gasteiger partial charge in [-0.3, -0.25) is 9.69 Å². The van der Waals surface area contributed by atoms with Crippen molar-refractivity contribution in [2.24, 2.45) is 5.92 Å². The molecule has 286 valence electrons. The minimum Gasteiger partial charge on any atom is -0.392 e. The summed E-state index contributed by atoms with van der Waals surface area (Å²) in [4.78, 5) is 16.2. The second kappa shape index (κ2) is 18.4. The summed E-state index contributed by atoms with van der Waals surface area (Å²) in [5.41, 5.74) is 5.38. The van der Waals surface area contributed by atoms with Crippen LogP contribution in [0, 0.1) is 12.8 Å². The van der Waals surface area contributed by atoms with Gasteiger partial charge in [-0.2, -0.15) is 4.72 Å². The minimum atomic E-state index is -3.95. The van der Waals surface area contributed by atoms with Gasteiger partial charge in [0.25, 0.3) is 0 Å². The fourth-order valence-electron chi connectivity index (χ4n) is 7.48. The van der Waals surface area contributed by atoms with Crippen molar-refractivity contribution in [3.8, 4) is 0 Å². The zero-order valence-corrected chi connectivity index (χ0v) is 32.1. The lowest BCUT2D eigenvalue weighted by Gasteiger charge is -2.43. The lowest BCUT2D eigenvalue weighted by molar-refractivity contribution is -0.276. The van der Waals surface area contributed by atoms with Gasteiger partial charge >= 0.3 is 0 Å². The van der Waals surface area contributed by atoms with Crippen molar-refractivity contribution in [2.75, 3.05) is 13.1 Å². The van der Waals surface area contributed by atoms with E-state index < -0.39 is 28.3 Å². The highest BCUT2D eigenvalue weighted by atomic mass is 32.2. The lowest BCUT2D eigenvalue weighted by atomic mass is 9.89. The van der Waals surface area contributed by atoms with Crippen molar-refractivity contribution in [1.29, 1.82) is 0 Å². The van der Waals surface area contributed by atoms with Crippen molar-refractivity contribution < 1.29 is 27.8 Å². The van der Waals surface area contributed by atoms with Gasteiger partial charge in [-0.25, -0.2) is 8.42 Å². The summed E-state index contributed by atoms with van der Waals surface area (Å²) < 4.78 is 42.7. The van der Waals surface area contributed by atoms with Crippen LogP contribution in [0.1, 0.15) is 78.4 Å². The predicted molar refractivity (Wildman–Crippen MR) is 211 cm³/mol. The fourth-order valence-corrected chi connectivity index (χ4v) is 8.68. The molecular formula is C44H53N3O6S. The third-order valence-corrected chi connectivity index (χ3v) is 12.2. The number of sulfonamides is 1. The molecule has 1 amide bonds. The molecule has 0 spiro atoms. The summed E-state index contributed by atoms with van der Waals surface area (Å²) in [5.74, 6) is -0.354. The largest absolute Gasteiger partial charge is 0.392 e. The van der Waals surface area contributed by atoms with Crippen LogP contribution in [0.25, 0.3) is 0 Å². The van der Waals surface area contributed by atoms with Crippen LogP contribution < -0.4 is 10.0 Å². The summed E-state index contributed by atoms with van der Waals surface area (Å²) >= 11 is 0. The van der Waals surface area contributed by atoms with Crippen LogP contribution >= 0.6 is 0 Å². The fraction of sp³-hybridized carbons (Fsp3) is 0.386. The molecule has 5 atom stereocenters. The van der Waals surface area contributed by atoms with Crippen molar-refractivity contribution >= 4 is 15.9 Å². The molecule has 10 heteroatoms. The van der Waals surface area contributed by atoms with Gasteiger partial charge in [0.2, 0.25) is 15.9 Å². The zero-order valence-electron chi connectivity index (χ0n) is 31.3. The Morgan fingerprint density at radius 2 is 1.54 bits per heavy atom. The van der Waals surface area contributed by atoms with E-state index in [4.69, 9.17) is 9.47 Å². The highest BCUT2D eigenvalue weighted by molar-refractivity contribution is 7.89. The van der Waals surface area contributed by atoms with Gasteiger partial charge in [0.05, 0.1) is 23.7 Å². The van der Waals surface area contributed by atoms with E-state index in [9.17, 15) is 18.3 Å². The van der Waals surface area contributed by atoms with E-state index in [-0.39, 0.29) is 42.6 Å². The molecule has 1 aliphatic carbocycles. The third kappa shape index (κ3) is 10.1. The standard InChI is InChI=1S/C44H53N3O6S/c1-4-26-47(38-12-8-9-13-38)29-41-32(3)42(36-20-18-35(30-48)19-21-36)53-44(52-41)37-22-16-34(17-23-37)28-45-43(49)40(27-33-10-6-5-7-11-33)46-54(50,51)39-24-14-31(2)15-25-39/h4-7,10-11,14-25,32,38,40-42,44,46,48H,1,8-9,12-13,26-30H2,2-3H3,(H,45,49). The van der Waals surface area contributed by atoms with Gasteiger partial charge < -0.3 is 19.9 Å². The molecule has 2 fully saturated rings. The molecule has 6 rings (SSSR count). The molecule has 1 saturated heterocycles. The van der Waals surface area contributed by atoms with Gasteiger partial charge in [0, 0.05) is 37.2 Å². The highest BCUT2D eigenvalue weighted by Crippen LogP contribution is 2.42. The summed E-state index contributed by atoms with van der Waals surface area (Å²) in [7, 11) is -3.95. The quantitative estimate of drug-likeness (QED) is 0.107. The number of benzene rings is 4. The van der Waals surface area contributed by atoms with Crippen LogP contribution in [0.15, 0.2) is 121 Å².